The highest BCUT2D eigenvalue weighted by Gasteiger charge is 2.14. The predicted octanol–water partition coefficient (Wildman–Crippen LogP) is 2.42. The minimum atomic E-state index is -0.0672. The van der Waals surface area contributed by atoms with Gasteiger partial charge in [-0.15, -0.1) is 5.10 Å². The number of carbonyl (C=O) groups excluding carboxylic acids is 1. The van der Waals surface area contributed by atoms with Crippen LogP contribution in [0.2, 0.25) is 5.02 Å². The van der Waals surface area contributed by atoms with Gasteiger partial charge in [-0.1, -0.05) is 11.6 Å². The molecular formula is C17H19ClN6O. The molecule has 1 amide bonds. The van der Waals surface area contributed by atoms with Crippen LogP contribution in [0.1, 0.15) is 29.2 Å². The zero-order chi connectivity index (χ0) is 18.0. The Morgan fingerprint density at radius 2 is 1.96 bits per heavy atom. The van der Waals surface area contributed by atoms with Crippen LogP contribution >= 0.6 is 11.6 Å². The van der Waals surface area contributed by atoms with Crippen LogP contribution in [0.4, 0.5) is 5.69 Å². The number of rotatable bonds is 5. The van der Waals surface area contributed by atoms with E-state index in [4.69, 9.17) is 17.3 Å². The van der Waals surface area contributed by atoms with Gasteiger partial charge < -0.3 is 11.1 Å². The van der Waals surface area contributed by atoms with Gasteiger partial charge in [0.2, 0.25) is 5.91 Å². The molecule has 3 aromatic rings. The molecule has 0 aliphatic rings. The number of anilines is 1. The fourth-order valence-electron chi connectivity index (χ4n) is 2.69. The Morgan fingerprint density at radius 3 is 2.64 bits per heavy atom. The van der Waals surface area contributed by atoms with E-state index in [1.165, 1.54) is 0 Å². The van der Waals surface area contributed by atoms with E-state index in [2.05, 4.69) is 20.4 Å². The highest BCUT2D eigenvalue weighted by molar-refractivity contribution is 6.30. The van der Waals surface area contributed by atoms with Crippen LogP contribution in [0.25, 0.3) is 5.78 Å². The van der Waals surface area contributed by atoms with E-state index in [1.54, 1.807) is 28.8 Å². The van der Waals surface area contributed by atoms with Crippen LogP contribution in [0.3, 0.4) is 0 Å². The molecule has 0 saturated heterocycles. The number of hydrogen-bond donors (Lipinski definition) is 2. The highest BCUT2D eigenvalue weighted by Crippen LogP contribution is 2.17. The van der Waals surface area contributed by atoms with Crippen molar-refractivity contribution >= 4 is 29.0 Å². The molecule has 7 nitrogen and oxygen atoms in total. The smallest absolute Gasteiger partial charge is 0.252 e. The van der Waals surface area contributed by atoms with Crippen molar-refractivity contribution in [3.63, 3.8) is 0 Å². The molecule has 3 N–H and O–H groups in total. The normalized spacial score (nSPS) is 11.0. The Morgan fingerprint density at radius 1 is 1.24 bits per heavy atom. The van der Waals surface area contributed by atoms with Gasteiger partial charge in [0.25, 0.3) is 5.78 Å². The molecule has 1 aromatic carbocycles. The Balaban J connectivity index is 1.74. The number of fused-ring (bicyclic) bond motifs is 1. The van der Waals surface area contributed by atoms with Crippen molar-refractivity contribution in [2.75, 3.05) is 5.32 Å². The number of halogens is 1. The maximum atomic E-state index is 12.2. The minimum Gasteiger partial charge on any atom is -0.326 e. The lowest BCUT2D eigenvalue weighted by Gasteiger charge is -2.10. The molecule has 2 heterocycles. The number of benzene rings is 1. The number of aryl methyl sites for hydroxylation is 2. The summed E-state index contributed by atoms with van der Waals surface area (Å²) in [5.74, 6) is 1.01. The second kappa shape index (κ2) is 7.16. The predicted molar refractivity (Wildman–Crippen MR) is 96.6 cm³/mol. The lowest BCUT2D eigenvalue weighted by atomic mass is 10.1. The van der Waals surface area contributed by atoms with Gasteiger partial charge in [-0.25, -0.2) is 9.50 Å². The maximum absolute atomic E-state index is 12.2. The van der Waals surface area contributed by atoms with Crippen LogP contribution in [0.5, 0.6) is 0 Å². The van der Waals surface area contributed by atoms with Gasteiger partial charge >= 0.3 is 0 Å². The fourth-order valence-corrected chi connectivity index (χ4v) is 2.82. The monoisotopic (exact) mass is 358 g/mol. The van der Waals surface area contributed by atoms with Gasteiger partial charge in [-0.3, -0.25) is 4.79 Å². The van der Waals surface area contributed by atoms with Crippen LogP contribution in [0, 0.1) is 13.8 Å². The summed E-state index contributed by atoms with van der Waals surface area (Å²) in [5.41, 5.74) is 9.08. The van der Waals surface area contributed by atoms with Gasteiger partial charge in [0.15, 0.2) is 5.82 Å². The van der Waals surface area contributed by atoms with Crippen LogP contribution in [-0.4, -0.2) is 25.5 Å². The Hall–Kier alpha value is -2.51. The standard InChI is InChI=1S/C17H19ClN6O/c1-10-14(11(2)24-17(20-10)22-15(9-19)23-24)7-8-16(25)21-13-5-3-12(18)4-6-13/h3-6H,7-9,19H2,1-2H3,(H,21,25). The number of hydrogen-bond acceptors (Lipinski definition) is 5. The van der Waals surface area contributed by atoms with E-state index in [0.29, 0.717) is 29.5 Å². The third-order valence-corrected chi connectivity index (χ3v) is 4.26. The summed E-state index contributed by atoms with van der Waals surface area (Å²) in [4.78, 5) is 20.9. The van der Waals surface area contributed by atoms with Crippen LogP contribution in [0.15, 0.2) is 24.3 Å². The second-order valence-corrected chi connectivity index (χ2v) is 6.20. The first kappa shape index (κ1) is 17.3. The van der Waals surface area contributed by atoms with Gasteiger partial charge in [0.1, 0.15) is 0 Å². The summed E-state index contributed by atoms with van der Waals surface area (Å²) in [6.07, 6.45) is 0.911. The average Bonchev–Trinajstić information content (AvgIpc) is 3.00. The van der Waals surface area contributed by atoms with Crippen LogP contribution < -0.4 is 11.1 Å². The first-order valence-corrected chi connectivity index (χ1v) is 8.33. The molecule has 3 rings (SSSR count). The van der Waals surface area contributed by atoms with E-state index in [9.17, 15) is 4.79 Å². The molecule has 2 aromatic heterocycles. The zero-order valence-corrected chi connectivity index (χ0v) is 14.8. The zero-order valence-electron chi connectivity index (χ0n) is 14.1. The number of nitrogens with one attached hydrogen (secondary N) is 1. The van der Waals surface area contributed by atoms with Crippen molar-refractivity contribution in [2.24, 2.45) is 5.73 Å². The van der Waals surface area contributed by atoms with Crippen molar-refractivity contribution in [1.29, 1.82) is 0 Å². The summed E-state index contributed by atoms with van der Waals surface area (Å²) in [7, 11) is 0. The van der Waals surface area contributed by atoms with E-state index >= 15 is 0 Å². The Bertz CT molecular complexity index is 919. The lowest BCUT2D eigenvalue weighted by Crippen LogP contribution is -2.14. The molecular weight excluding hydrogens is 340 g/mol. The molecule has 0 unspecified atom stereocenters. The molecule has 130 valence electrons. The Kier molecular flexibility index (Phi) is 4.96. The molecule has 0 atom stereocenters. The van der Waals surface area contributed by atoms with Crippen LogP contribution in [-0.2, 0) is 17.8 Å². The van der Waals surface area contributed by atoms with Gasteiger partial charge in [0, 0.05) is 28.5 Å². The average molecular weight is 359 g/mol. The molecule has 0 radical (unpaired) electrons. The highest BCUT2D eigenvalue weighted by atomic mass is 35.5. The number of aromatic nitrogens is 4. The minimum absolute atomic E-state index is 0.0672. The molecule has 0 aliphatic heterocycles. The van der Waals surface area contributed by atoms with Gasteiger partial charge in [-0.05, 0) is 50.1 Å². The molecule has 0 spiro atoms. The quantitative estimate of drug-likeness (QED) is 0.729. The van der Waals surface area contributed by atoms with E-state index in [-0.39, 0.29) is 12.5 Å². The maximum Gasteiger partial charge on any atom is 0.252 e. The number of amides is 1. The largest absolute Gasteiger partial charge is 0.326 e. The SMILES string of the molecule is Cc1nc2nc(CN)nn2c(C)c1CCC(=O)Nc1ccc(Cl)cc1. The van der Waals surface area contributed by atoms with Crippen molar-refractivity contribution in [3.8, 4) is 0 Å². The third kappa shape index (κ3) is 3.78. The molecule has 0 saturated carbocycles. The topological polar surface area (TPSA) is 98.2 Å². The van der Waals surface area contributed by atoms with Crippen molar-refractivity contribution < 1.29 is 4.79 Å². The van der Waals surface area contributed by atoms with Crippen molar-refractivity contribution in [1.82, 2.24) is 19.6 Å². The van der Waals surface area contributed by atoms with E-state index in [0.717, 1.165) is 22.6 Å². The Labute approximate surface area is 150 Å². The summed E-state index contributed by atoms with van der Waals surface area (Å²) in [6, 6.07) is 7.02. The molecule has 8 heteroatoms. The van der Waals surface area contributed by atoms with Gasteiger partial charge in [-0.2, -0.15) is 4.98 Å². The molecule has 0 aliphatic carbocycles. The number of carbonyl (C=O) groups is 1. The summed E-state index contributed by atoms with van der Waals surface area (Å²) >= 11 is 5.84. The van der Waals surface area contributed by atoms with Gasteiger partial charge in [0.05, 0.1) is 6.54 Å². The summed E-state index contributed by atoms with van der Waals surface area (Å²) in [6.45, 7) is 4.13. The van der Waals surface area contributed by atoms with Crippen molar-refractivity contribution in [2.45, 2.75) is 33.2 Å². The molecule has 0 fully saturated rings. The third-order valence-electron chi connectivity index (χ3n) is 4.01. The first-order chi connectivity index (χ1) is 12.0. The van der Waals surface area contributed by atoms with Crippen molar-refractivity contribution in [3.05, 3.63) is 52.1 Å². The van der Waals surface area contributed by atoms with E-state index < -0.39 is 0 Å². The summed E-state index contributed by atoms with van der Waals surface area (Å²) < 4.78 is 1.68. The fraction of sp³-hybridized carbons (Fsp3) is 0.294. The molecule has 0 bridgehead atoms. The first-order valence-electron chi connectivity index (χ1n) is 7.95. The molecule has 25 heavy (non-hydrogen) atoms. The number of nitrogens with two attached hydrogens (primary N) is 1. The number of nitrogens with zero attached hydrogens (tertiary/aromatic N) is 4. The second-order valence-electron chi connectivity index (χ2n) is 5.76. The van der Waals surface area contributed by atoms with E-state index in [1.807, 2.05) is 13.8 Å². The lowest BCUT2D eigenvalue weighted by molar-refractivity contribution is -0.116. The summed E-state index contributed by atoms with van der Waals surface area (Å²) in [5, 5.41) is 7.83.